The van der Waals surface area contributed by atoms with E-state index >= 15 is 0 Å². The van der Waals surface area contributed by atoms with Gasteiger partial charge in [-0.05, 0) is 74.3 Å². The highest BCUT2D eigenvalue weighted by Gasteiger charge is 2.17. The number of unbranched alkanes of at least 4 members (excludes halogenated alkanes) is 1. The number of carbonyl (C=O) groups is 2. The lowest BCUT2D eigenvalue weighted by molar-refractivity contribution is -0.134. The van der Waals surface area contributed by atoms with Gasteiger partial charge in [-0.1, -0.05) is 41.9 Å². The third-order valence-corrected chi connectivity index (χ3v) is 7.87. The average molecular weight is 736 g/mol. The topological polar surface area (TPSA) is 281 Å². The molecule has 18 heteroatoms. The molecule has 0 saturated heterocycles. The summed E-state index contributed by atoms with van der Waals surface area (Å²) in [4.78, 5) is 33.1. The molecule has 0 aliphatic carbocycles. The summed E-state index contributed by atoms with van der Waals surface area (Å²) in [6, 6.07) is 13.0. The van der Waals surface area contributed by atoms with Gasteiger partial charge < -0.3 is 37.8 Å². The molecule has 0 radical (unpaired) electrons. The van der Waals surface area contributed by atoms with Crippen molar-refractivity contribution in [3.63, 3.8) is 0 Å². The first-order chi connectivity index (χ1) is 23.4. The first-order valence-corrected chi connectivity index (χ1v) is 17.9. The summed E-state index contributed by atoms with van der Waals surface area (Å²) in [7, 11) is -3.56. The van der Waals surface area contributed by atoms with Crippen molar-refractivity contribution in [2.75, 3.05) is 35.5 Å². The number of aryl methyl sites for hydroxylation is 2. The second-order valence-electron chi connectivity index (χ2n) is 11.5. The van der Waals surface area contributed by atoms with Crippen molar-refractivity contribution in [1.29, 1.82) is 0 Å². The van der Waals surface area contributed by atoms with E-state index in [-0.39, 0.29) is 52.5 Å². The summed E-state index contributed by atoms with van der Waals surface area (Å²) in [5, 5.41) is 33.5. The average Bonchev–Trinajstić information content (AvgIpc) is 3.02. The fraction of sp³-hybridized carbons (Fsp3) is 0.406. The zero-order valence-electron chi connectivity index (χ0n) is 28.2. The SMILES string of the molecule is CC(=O)O.C[C@@H](CCCc1ccc(CCCCN=C(N)NC(=O)c2nc(Cl)c(N)nc2N)cc1)NC[C@H](O)c1ccc(O)c(NS(C)(=O)=O)c1. The number of aromatic hydroxyl groups is 1. The van der Waals surface area contributed by atoms with E-state index in [0.29, 0.717) is 12.1 Å². The second-order valence-corrected chi connectivity index (χ2v) is 13.6. The number of guanidine groups is 1. The number of phenols is 1. The number of nitrogens with zero attached hydrogens (tertiary/aromatic N) is 3. The first-order valence-electron chi connectivity index (χ1n) is 15.6. The zero-order valence-corrected chi connectivity index (χ0v) is 29.8. The number of carboxylic acids is 1. The van der Waals surface area contributed by atoms with Crippen LogP contribution in [-0.2, 0) is 27.7 Å². The van der Waals surface area contributed by atoms with Crippen LogP contribution in [-0.4, -0.2) is 76.9 Å². The van der Waals surface area contributed by atoms with Crippen LogP contribution in [0.1, 0.15) is 72.8 Å². The molecule has 0 aliphatic rings. The predicted octanol–water partition coefficient (Wildman–Crippen LogP) is 2.56. The molecule has 16 nitrogen and oxygen atoms in total. The molecule has 12 N–H and O–H groups in total. The van der Waals surface area contributed by atoms with Crippen LogP contribution >= 0.6 is 11.6 Å². The highest BCUT2D eigenvalue weighted by Crippen LogP contribution is 2.28. The number of benzene rings is 2. The number of amides is 1. The fourth-order valence-corrected chi connectivity index (χ4v) is 5.21. The van der Waals surface area contributed by atoms with E-state index in [1.54, 1.807) is 6.07 Å². The molecule has 0 fully saturated rings. The Kier molecular flexibility index (Phi) is 16.7. The molecule has 1 heterocycles. The normalized spacial score (nSPS) is 12.7. The third-order valence-electron chi connectivity index (χ3n) is 7.00. The number of nitrogens with one attached hydrogen (secondary N) is 3. The summed E-state index contributed by atoms with van der Waals surface area (Å²) < 4.78 is 25.3. The number of nitrogens with two attached hydrogens (primary N) is 3. The molecule has 0 spiro atoms. The van der Waals surface area contributed by atoms with Gasteiger partial charge in [0.1, 0.15) is 5.75 Å². The Morgan fingerprint density at radius 1 is 1.00 bits per heavy atom. The molecule has 3 aromatic rings. The van der Waals surface area contributed by atoms with Gasteiger partial charge in [-0.2, -0.15) is 0 Å². The quantitative estimate of drug-likeness (QED) is 0.0443. The summed E-state index contributed by atoms with van der Waals surface area (Å²) >= 11 is 5.81. The monoisotopic (exact) mass is 735 g/mol. The van der Waals surface area contributed by atoms with Gasteiger partial charge in [0, 0.05) is 26.1 Å². The number of aromatic nitrogens is 2. The number of aliphatic carboxylic acids is 1. The molecule has 274 valence electrons. The maximum Gasteiger partial charge on any atom is 0.300 e. The van der Waals surface area contributed by atoms with Gasteiger partial charge in [0.25, 0.3) is 11.9 Å². The van der Waals surface area contributed by atoms with Crippen LogP contribution in [0, 0.1) is 0 Å². The summed E-state index contributed by atoms with van der Waals surface area (Å²) in [6.07, 6.45) is 5.48. The van der Waals surface area contributed by atoms with E-state index < -0.39 is 28.0 Å². The lowest BCUT2D eigenvalue weighted by atomic mass is 10.0. The molecule has 1 aromatic heterocycles. The van der Waals surface area contributed by atoms with Crippen LogP contribution < -0.4 is 32.6 Å². The van der Waals surface area contributed by atoms with Crippen LogP contribution in [0.15, 0.2) is 47.5 Å². The van der Waals surface area contributed by atoms with Gasteiger partial charge >= 0.3 is 0 Å². The number of halogens is 1. The molecular formula is C32H46ClN9O7S. The number of sulfonamides is 1. The fourth-order valence-electron chi connectivity index (χ4n) is 4.52. The molecule has 2 atom stereocenters. The van der Waals surface area contributed by atoms with Crippen molar-refractivity contribution in [2.45, 2.75) is 64.5 Å². The maximum atomic E-state index is 12.3. The second kappa shape index (κ2) is 20.1. The summed E-state index contributed by atoms with van der Waals surface area (Å²) in [6.45, 7) is 3.86. The van der Waals surface area contributed by atoms with Crippen LogP contribution in [0.2, 0.25) is 5.15 Å². The minimum atomic E-state index is -3.56. The molecule has 0 unspecified atom stereocenters. The number of carboxylic acid groups (broad SMARTS) is 1. The number of phenolic OH excluding ortho intramolecular Hbond substituents is 1. The molecule has 50 heavy (non-hydrogen) atoms. The van der Waals surface area contributed by atoms with Crippen LogP contribution in [0.25, 0.3) is 0 Å². The van der Waals surface area contributed by atoms with Crippen LogP contribution in [0.4, 0.5) is 17.3 Å². The number of nitrogen functional groups attached to an aromatic ring is 2. The van der Waals surface area contributed by atoms with Gasteiger partial charge in [0.15, 0.2) is 28.4 Å². The number of hydrogen-bond donors (Lipinski definition) is 9. The number of rotatable bonds is 16. The van der Waals surface area contributed by atoms with Gasteiger partial charge in [-0.3, -0.25) is 24.6 Å². The van der Waals surface area contributed by atoms with Crippen molar-refractivity contribution in [2.24, 2.45) is 10.7 Å². The molecule has 3 rings (SSSR count). The highest BCUT2D eigenvalue weighted by molar-refractivity contribution is 7.92. The largest absolute Gasteiger partial charge is 0.506 e. The van der Waals surface area contributed by atoms with Crippen molar-refractivity contribution < 1.29 is 33.3 Å². The van der Waals surface area contributed by atoms with Crippen molar-refractivity contribution in [3.05, 3.63) is 70.0 Å². The molecule has 0 bridgehead atoms. The third kappa shape index (κ3) is 15.7. The Labute approximate surface area is 296 Å². The predicted molar refractivity (Wildman–Crippen MR) is 194 cm³/mol. The Hall–Kier alpha value is -4.71. The Morgan fingerprint density at radius 2 is 1.60 bits per heavy atom. The Balaban J connectivity index is 0.00000205. The van der Waals surface area contributed by atoms with Crippen LogP contribution in [0.5, 0.6) is 5.75 Å². The van der Waals surface area contributed by atoms with Gasteiger partial charge in [-0.15, -0.1) is 0 Å². The van der Waals surface area contributed by atoms with Crippen molar-refractivity contribution in [3.8, 4) is 5.75 Å². The van der Waals surface area contributed by atoms with Crippen molar-refractivity contribution >= 4 is 56.8 Å². The number of carbonyl (C=O) groups excluding carboxylic acids is 1. The first kappa shape index (κ1) is 41.5. The van der Waals surface area contributed by atoms with Crippen LogP contribution in [0.3, 0.4) is 0 Å². The lowest BCUT2D eigenvalue weighted by Crippen LogP contribution is -2.38. The maximum absolute atomic E-state index is 12.3. The molecule has 2 aromatic carbocycles. The van der Waals surface area contributed by atoms with E-state index in [0.717, 1.165) is 51.7 Å². The number of aliphatic hydroxyl groups is 1. The number of aliphatic hydroxyl groups excluding tert-OH is 1. The zero-order chi connectivity index (χ0) is 37.4. The Bertz CT molecular complexity index is 1720. The van der Waals surface area contributed by atoms with Gasteiger partial charge in [-0.25, -0.2) is 18.4 Å². The van der Waals surface area contributed by atoms with E-state index in [2.05, 4.69) is 61.5 Å². The number of hydrogen-bond acceptors (Lipinski definition) is 12. The summed E-state index contributed by atoms with van der Waals surface area (Å²) in [5.74, 6) is -2.01. The van der Waals surface area contributed by atoms with Gasteiger partial charge in [0.2, 0.25) is 10.0 Å². The molecule has 1 amide bonds. The van der Waals surface area contributed by atoms with Gasteiger partial charge in [0.05, 0.1) is 18.0 Å². The lowest BCUT2D eigenvalue weighted by Gasteiger charge is -2.18. The highest BCUT2D eigenvalue weighted by atomic mass is 35.5. The summed E-state index contributed by atoms with van der Waals surface area (Å²) in [5.41, 5.74) is 19.8. The number of aliphatic imine (C=N–C) groups is 1. The minimum absolute atomic E-state index is 0.0284. The number of anilines is 3. The van der Waals surface area contributed by atoms with Crippen molar-refractivity contribution in [1.82, 2.24) is 20.6 Å². The van der Waals surface area contributed by atoms with E-state index in [9.17, 15) is 23.4 Å². The van der Waals surface area contributed by atoms with E-state index in [1.807, 2.05) is 0 Å². The molecule has 0 aliphatic heterocycles. The molecular weight excluding hydrogens is 690 g/mol. The minimum Gasteiger partial charge on any atom is -0.506 e. The smallest absolute Gasteiger partial charge is 0.300 e. The standard InChI is InChI=1S/C30H42ClN9O5S.C2H4O2/c1-18(36-17-24(42)21-13-14-23(41)22(16-21)40-46(2,44)45)6-5-8-20-11-9-19(10-12-20)7-3-4-15-35-30(34)39-29(43)25-27(32)38-28(33)26(31)37-25;1-2(3)4/h9-14,16,18,24,36,40-42H,3-8,15,17H2,1-2H3,(H4,32,33,38)(H3,34,35,39,43);1H3,(H,3,4)/t18-,24-;/m0./s1. The van der Waals surface area contributed by atoms with E-state index in [4.69, 9.17) is 38.7 Å². The van der Waals surface area contributed by atoms with E-state index in [1.165, 1.54) is 23.3 Å². The Morgan fingerprint density at radius 3 is 2.20 bits per heavy atom. The molecule has 0 saturated carbocycles.